The molecule has 1 atom stereocenters. The first kappa shape index (κ1) is 16.3. The Morgan fingerprint density at radius 3 is 2.55 bits per heavy atom. The first-order valence-electron chi connectivity index (χ1n) is 8.72. The molecule has 1 heterocycles. The van der Waals surface area contributed by atoms with Gasteiger partial charge in [-0.2, -0.15) is 0 Å². The van der Waals surface area contributed by atoms with Gasteiger partial charge in [-0.1, -0.05) is 20.3 Å². The third kappa shape index (κ3) is 5.01. The molecule has 1 unspecified atom stereocenters. The summed E-state index contributed by atoms with van der Waals surface area (Å²) in [6.45, 7) is 9.55. The van der Waals surface area contributed by atoms with Gasteiger partial charge in [0.2, 0.25) is 0 Å². The quantitative estimate of drug-likeness (QED) is 0.741. The summed E-state index contributed by atoms with van der Waals surface area (Å²) in [5.41, 5.74) is 0. The number of nitrogens with one attached hydrogen (secondary N) is 1. The van der Waals surface area contributed by atoms with Crippen molar-refractivity contribution in [2.75, 3.05) is 33.3 Å². The summed E-state index contributed by atoms with van der Waals surface area (Å²) >= 11 is 0. The van der Waals surface area contributed by atoms with Crippen LogP contribution in [0.25, 0.3) is 0 Å². The van der Waals surface area contributed by atoms with Gasteiger partial charge in [-0.25, -0.2) is 0 Å². The Labute approximate surface area is 125 Å². The molecule has 1 aliphatic heterocycles. The lowest BCUT2D eigenvalue weighted by Gasteiger charge is -2.37. The standard InChI is InChI=1S/C17H34N2O/c1-4-5-14(2)12-19-8-6-15(7-9-19)13-20-17-10-16(11-17)18-3/h14-18H,4-13H2,1-3H3/t14?,16-,17-. The third-order valence-electron chi connectivity index (χ3n) is 5.13. The molecule has 1 aliphatic carbocycles. The van der Waals surface area contributed by atoms with Crippen molar-refractivity contribution in [2.45, 2.75) is 64.5 Å². The van der Waals surface area contributed by atoms with E-state index < -0.39 is 0 Å². The molecule has 1 N–H and O–H groups in total. The van der Waals surface area contributed by atoms with E-state index in [0.717, 1.165) is 18.4 Å². The van der Waals surface area contributed by atoms with Crippen molar-refractivity contribution in [1.29, 1.82) is 0 Å². The molecule has 0 aromatic heterocycles. The maximum Gasteiger partial charge on any atom is 0.0605 e. The van der Waals surface area contributed by atoms with Crippen LogP contribution in [-0.2, 0) is 4.74 Å². The molecule has 0 radical (unpaired) electrons. The smallest absolute Gasteiger partial charge is 0.0605 e. The Bertz CT molecular complexity index is 258. The molecule has 0 spiro atoms. The molecule has 2 aliphatic rings. The maximum atomic E-state index is 6.05. The van der Waals surface area contributed by atoms with Crippen molar-refractivity contribution in [2.24, 2.45) is 11.8 Å². The molecular formula is C17H34N2O. The molecule has 1 saturated carbocycles. The van der Waals surface area contributed by atoms with E-state index in [4.69, 9.17) is 4.74 Å². The van der Waals surface area contributed by atoms with Gasteiger partial charge in [-0.15, -0.1) is 0 Å². The topological polar surface area (TPSA) is 24.5 Å². The van der Waals surface area contributed by atoms with E-state index >= 15 is 0 Å². The highest BCUT2D eigenvalue weighted by atomic mass is 16.5. The van der Waals surface area contributed by atoms with E-state index in [9.17, 15) is 0 Å². The zero-order valence-corrected chi connectivity index (χ0v) is 13.7. The van der Waals surface area contributed by atoms with Crippen LogP contribution in [0, 0.1) is 11.8 Å². The van der Waals surface area contributed by atoms with Crippen LogP contribution in [0.15, 0.2) is 0 Å². The van der Waals surface area contributed by atoms with Gasteiger partial charge in [-0.05, 0) is 64.1 Å². The average molecular weight is 282 g/mol. The van der Waals surface area contributed by atoms with Crippen LogP contribution in [0.2, 0.25) is 0 Å². The van der Waals surface area contributed by atoms with Crippen LogP contribution >= 0.6 is 0 Å². The number of ether oxygens (including phenoxy) is 1. The molecule has 2 rings (SSSR count). The maximum absolute atomic E-state index is 6.05. The minimum atomic E-state index is 0.537. The molecule has 0 amide bonds. The fraction of sp³-hybridized carbons (Fsp3) is 1.00. The van der Waals surface area contributed by atoms with E-state index in [1.807, 2.05) is 0 Å². The number of piperidine rings is 1. The normalized spacial score (nSPS) is 30.1. The fourth-order valence-corrected chi connectivity index (χ4v) is 3.57. The molecule has 20 heavy (non-hydrogen) atoms. The Hall–Kier alpha value is -0.120. The predicted molar refractivity (Wildman–Crippen MR) is 85.1 cm³/mol. The zero-order valence-electron chi connectivity index (χ0n) is 13.7. The first-order valence-corrected chi connectivity index (χ1v) is 8.72. The first-order chi connectivity index (χ1) is 9.71. The van der Waals surface area contributed by atoms with E-state index in [0.29, 0.717) is 12.1 Å². The van der Waals surface area contributed by atoms with Gasteiger partial charge in [0.05, 0.1) is 6.10 Å². The van der Waals surface area contributed by atoms with Crippen molar-refractivity contribution in [3.8, 4) is 0 Å². The average Bonchev–Trinajstić information content (AvgIpc) is 2.39. The minimum Gasteiger partial charge on any atom is -0.378 e. The van der Waals surface area contributed by atoms with E-state index in [2.05, 4.69) is 31.1 Å². The number of nitrogens with zero attached hydrogens (tertiary/aromatic N) is 1. The molecule has 0 bridgehead atoms. The van der Waals surface area contributed by atoms with Crippen LogP contribution in [0.3, 0.4) is 0 Å². The second-order valence-corrected chi connectivity index (χ2v) is 7.05. The van der Waals surface area contributed by atoms with Crippen LogP contribution in [0.4, 0.5) is 0 Å². The molecule has 0 aromatic carbocycles. The van der Waals surface area contributed by atoms with Crippen LogP contribution in [-0.4, -0.2) is 50.3 Å². The van der Waals surface area contributed by atoms with Crippen molar-refractivity contribution in [3.63, 3.8) is 0 Å². The lowest BCUT2D eigenvalue weighted by atomic mass is 9.89. The fourth-order valence-electron chi connectivity index (χ4n) is 3.57. The van der Waals surface area contributed by atoms with Crippen molar-refractivity contribution < 1.29 is 4.74 Å². The van der Waals surface area contributed by atoms with Gasteiger partial charge < -0.3 is 15.0 Å². The summed E-state index contributed by atoms with van der Waals surface area (Å²) < 4.78 is 6.05. The molecule has 3 heteroatoms. The van der Waals surface area contributed by atoms with Crippen molar-refractivity contribution in [3.05, 3.63) is 0 Å². The zero-order chi connectivity index (χ0) is 14.4. The summed E-state index contributed by atoms with van der Waals surface area (Å²) in [7, 11) is 2.05. The molecule has 118 valence electrons. The molecule has 2 fully saturated rings. The summed E-state index contributed by atoms with van der Waals surface area (Å²) in [6, 6.07) is 0.710. The second kappa shape index (κ2) is 8.35. The Balaban J connectivity index is 1.53. The highest BCUT2D eigenvalue weighted by Crippen LogP contribution is 2.26. The van der Waals surface area contributed by atoms with Gasteiger partial charge in [-0.3, -0.25) is 0 Å². The van der Waals surface area contributed by atoms with Crippen molar-refractivity contribution in [1.82, 2.24) is 10.2 Å². The summed E-state index contributed by atoms with van der Waals surface area (Å²) in [5.74, 6) is 1.67. The predicted octanol–water partition coefficient (Wildman–Crippen LogP) is 2.90. The lowest BCUT2D eigenvalue weighted by molar-refractivity contribution is -0.0396. The highest BCUT2D eigenvalue weighted by molar-refractivity contribution is 4.85. The second-order valence-electron chi connectivity index (χ2n) is 7.05. The molecular weight excluding hydrogens is 248 g/mol. The third-order valence-corrected chi connectivity index (χ3v) is 5.13. The van der Waals surface area contributed by atoms with Gasteiger partial charge >= 0.3 is 0 Å². The Kier molecular flexibility index (Phi) is 6.79. The number of rotatable bonds is 8. The van der Waals surface area contributed by atoms with E-state index in [-0.39, 0.29) is 0 Å². The summed E-state index contributed by atoms with van der Waals surface area (Å²) in [6.07, 6.45) is 8.32. The number of hydrogen-bond donors (Lipinski definition) is 1. The number of hydrogen-bond acceptors (Lipinski definition) is 3. The van der Waals surface area contributed by atoms with Crippen LogP contribution in [0.1, 0.15) is 52.4 Å². The Morgan fingerprint density at radius 1 is 1.25 bits per heavy atom. The lowest BCUT2D eigenvalue weighted by Crippen LogP contribution is -2.45. The van der Waals surface area contributed by atoms with Crippen molar-refractivity contribution >= 4 is 0 Å². The minimum absolute atomic E-state index is 0.537. The summed E-state index contributed by atoms with van der Waals surface area (Å²) in [4.78, 5) is 2.66. The van der Waals surface area contributed by atoms with Gasteiger partial charge in [0.25, 0.3) is 0 Å². The molecule has 0 aromatic rings. The van der Waals surface area contributed by atoms with E-state index in [1.165, 1.54) is 58.2 Å². The van der Waals surface area contributed by atoms with Gasteiger partial charge in [0.15, 0.2) is 0 Å². The largest absolute Gasteiger partial charge is 0.378 e. The SMILES string of the molecule is CCCC(C)CN1CCC(CO[C@H]2C[C@H](NC)C2)CC1. The van der Waals surface area contributed by atoms with Crippen LogP contribution in [0.5, 0.6) is 0 Å². The monoisotopic (exact) mass is 282 g/mol. The van der Waals surface area contributed by atoms with Gasteiger partial charge in [0, 0.05) is 19.2 Å². The molecule has 1 saturated heterocycles. The van der Waals surface area contributed by atoms with Gasteiger partial charge in [0.1, 0.15) is 0 Å². The van der Waals surface area contributed by atoms with Crippen LogP contribution < -0.4 is 5.32 Å². The van der Waals surface area contributed by atoms with E-state index in [1.54, 1.807) is 0 Å². The Morgan fingerprint density at radius 2 is 1.95 bits per heavy atom. The molecule has 3 nitrogen and oxygen atoms in total. The summed E-state index contributed by atoms with van der Waals surface area (Å²) in [5, 5.41) is 3.32. The number of likely N-dealkylation sites (tertiary alicyclic amines) is 1. The highest BCUT2D eigenvalue weighted by Gasteiger charge is 2.29.